The van der Waals surface area contributed by atoms with E-state index in [1.54, 1.807) is 24.3 Å². The summed E-state index contributed by atoms with van der Waals surface area (Å²) in [7, 11) is 0. The molecule has 27 heavy (non-hydrogen) atoms. The van der Waals surface area contributed by atoms with Gasteiger partial charge in [0.1, 0.15) is 5.54 Å². The lowest BCUT2D eigenvalue weighted by Crippen LogP contribution is -2.51. The summed E-state index contributed by atoms with van der Waals surface area (Å²) in [6, 6.07) is 6.13. The second-order valence-corrected chi connectivity index (χ2v) is 7.08. The van der Waals surface area contributed by atoms with E-state index in [9.17, 15) is 19.2 Å². The van der Waals surface area contributed by atoms with Crippen molar-refractivity contribution in [1.82, 2.24) is 15.8 Å². The number of benzene rings is 1. The summed E-state index contributed by atoms with van der Waals surface area (Å²) in [4.78, 5) is 48.5. The molecule has 1 saturated heterocycles. The number of hydrogen-bond acceptors (Lipinski definition) is 5. The van der Waals surface area contributed by atoms with Gasteiger partial charge in [-0.2, -0.15) is 5.01 Å². The Morgan fingerprint density at radius 1 is 1.19 bits per heavy atom. The Labute approximate surface area is 161 Å². The largest absolute Gasteiger partial charge is 0.455 e. The summed E-state index contributed by atoms with van der Waals surface area (Å²) in [5.74, 6) is -1.87. The number of halogens is 1. The van der Waals surface area contributed by atoms with Crippen molar-refractivity contribution in [2.24, 2.45) is 0 Å². The quantitative estimate of drug-likeness (QED) is 0.585. The molecule has 1 saturated carbocycles. The highest BCUT2D eigenvalue weighted by molar-refractivity contribution is 6.31. The van der Waals surface area contributed by atoms with Gasteiger partial charge in [-0.3, -0.25) is 19.8 Å². The van der Waals surface area contributed by atoms with Gasteiger partial charge in [0.15, 0.2) is 6.61 Å². The highest BCUT2D eigenvalue weighted by Gasteiger charge is 2.52. The van der Waals surface area contributed by atoms with E-state index in [4.69, 9.17) is 16.3 Å². The van der Waals surface area contributed by atoms with Crippen molar-refractivity contribution in [3.05, 3.63) is 34.9 Å². The Kier molecular flexibility index (Phi) is 5.65. The SMILES string of the molecule is O=C(COC(=O)Cc1ccccc1Cl)NN1C(=O)NC2(CCCCC2)C1=O. The van der Waals surface area contributed by atoms with Gasteiger partial charge in [0, 0.05) is 5.02 Å². The number of rotatable bonds is 5. The molecule has 0 atom stereocenters. The van der Waals surface area contributed by atoms with E-state index in [1.807, 2.05) is 0 Å². The van der Waals surface area contributed by atoms with E-state index < -0.39 is 36.0 Å². The second kappa shape index (κ2) is 7.96. The number of amides is 4. The third-order valence-corrected chi connectivity index (χ3v) is 5.13. The van der Waals surface area contributed by atoms with Crippen LogP contribution in [0.5, 0.6) is 0 Å². The highest BCUT2D eigenvalue weighted by Crippen LogP contribution is 2.32. The average Bonchev–Trinajstić information content (AvgIpc) is 2.86. The van der Waals surface area contributed by atoms with Crippen molar-refractivity contribution in [2.45, 2.75) is 44.1 Å². The number of imide groups is 1. The smallest absolute Gasteiger partial charge is 0.344 e. The first kappa shape index (κ1) is 19.2. The molecule has 8 nitrogen and oxygen atoms in total. The standard InChI is InChI=1S/C18H20ClN3O5/c19-13-7-3-2-6-12(13)10-15(24)27-11-14(23)21-22-16(25)18(20-17(22)26)8-4-1-5-9-18/h2-3,6-7H,1,4-5,8-11H2,(H,20,26)(H,21,23). The molecule has 1 aliphatic carbocycles. The van der Waals surface area contributed by atoms with Gasteiger partial charge in [-0.1, -0.05) is 49.1 Å². The molecule has 0 unspecified atom stereocenters. The number of hydrogen-bond donors (Lipinski definition) is 2. The van der Waals surface area contributed by atoms with Gasteiger partial charge in [-0.05, 0) is 24.5 Å². The number of carbonyl (C=O) groups excluding carboxylic acids is 4. The maximum Gasteiger partial charge on any atom is 0.344 e. The molecule has 2 N–H and O–H groups in total. The Balaban J connectivity index is 1.50. The van der Waals surface area contributed by atoms with E-state index in [0.717, 1.165) is 19.3 Å². The normalized spacial score (nSPS) is 18.3. The summed E-state index contributed by atoms with van der Waals surface area (Å²) in [6.45, 7) is -0.604. The molecular formula is C18H20ClN3O5. The van der Waals surface area contributed by atoms with Gasteiger partial charge in [0.2, 0.25) is 0 Å². The maximum absolute atomic E-state index is 12.6. The molecule has 1 heterocycles. The van der Waals surface area contributed by atoms with Crippen LogP contribution in [0.25, 0.3) is 0 Å². The van der Waals surface area contributed by atoms with E-state index in [0.29, 0.717) is 28.4 Å². The Bertz CT molecular complexity index is 776. The monoisotopic (exact) mass is 393 g/mol. The van der Waals surface area contributed by atoms with Gasteiger partial charge in [-0.25, -0.2) is 4.79 Å². The third kappa shape index (κ3) is 4.21. The molecule has 0 bridgehead atoms. The zero-order valence-corrected chi connectivity index (χ0v) is 15.4. The van der Waals surface area contributed by atoms with Crippen LogP contribution in [-0.4, -0.2) is 41.0 Å². The van der Waals surface area contributed by atoms with Crippen LogP contribution in [0.1, 0.15) is 37.7 Å². The maximum atomic E-state index is 12.6. The van der Waals surface area contributed by atoms with Crippen LogP contribution in [0, 0.1) is 0 Å². The summed E-state index contributed by atoms with van der Waals surface area (Å²) < 4.78 is 4.90. The average molecular weight is 394 g/mol. The number of urea groups is 1. The van der Waals surface area contributed by atoms with Crippen LogP contribution in [-0.2, 0) is 25.5 Å². The highest BCUT2D eigenvalue weighted by atomic mass is 35.5. The van der Waals surface area contributed by atoms with Crippen molar-refractivity contribution in [1.29, 1.82) is 0 Å². The molecule has 3 rings (SSSR count). The molecule has 2 aliphatic rings. The number of carbonyl (C=O) groups is 4. The van der Waals surface area contributed by atoms with Crippen LogP contribution >= 0.6 is 11.6 Å². The number of esters is 1. The van der Waals surface area contributed by atoms with E-state index in [1.165, 1.54) is 0 Å². The van der Waals surface area contributed by atoms with Crippen LogP contribution in [0.4, 0.5) is 4.79 Å². The summed E-state index contributed by atoms with van der Waals surface area (Å²) in [5.41, 5.74) is 1.86. The van der Waals surface area contributed by atoms with Crippen LogP contribution < -0.4 is 10.7 Å². The van der Waals surface area contributed by atoms with E-state index in [-0.39, 0.29) is 6.42 Å². The molecule has 2 fully saturated rings. The molecule has 144 valence electrons. The molecule has 1 aromatic rings. The molecule has 1 aromatic carbocycles. The first-order valence-corrected chi connectivity index (χ1v) is 9.14. The van der Waals surface area contributed by atoms with Gasteiger partial charge in [0.25, 0.3) is 11.8 Å². The van der Waals surface area contributed by atoms with Gasteiger partial charge in [0.05, 0.1) is 6.42 Å². The summed E-state index contributed by atoms with van der Waals surface area (Å²) in [6.07, 6.45) is 3.71. The predicted octanol–water partition coefficient (Wildman–Crippen LogP) is 1.71. The first-order valence-electron chi connectivity index (χ1n) is 8.76. The lowest BCUT2D eigenvalue weighted by atomic mass is 9.82. The predicted molar refractivity (Wildman–Crippen MR) is 95.5 cm³/mol. The van der Waals surface area contributed by atoms with Gasteiger partial charge >= 0.3 is 12.0 Å². The van der Waals surface area contributed by atoms with Crippen molar-refractivity contribution < 1.29 is 23.9 Å². The Morgan fingerprint density at radius 3 is 2.59 bits per heavy atom. The zero-order valence-electron chi connectivity index (χ0n) is 14.6. The fraction of sp³-hybridized carbons (Fsp3) is 0.444. The van der Waals surface area contributed by atoms with Crippen molar-refractivity contribution >= 4 is 35.4 Å². The molecule has 9 heteroatoms. The van der Waals surface area contributed by atoms with Crippen LogP contribution in [0.15, 0.2) is 24.3 Å². The minimum absolute atomic E-state index is 0.0841. The molecule has 0 aromatic heterocycles. The minimum Gasteiger partial charge on any atom is -0.455 e. The fourth-order valence-corrected chi connectivity index (χ4v) is 3.57. The van der Waals surface area contributed by atoms with Gasteiger partial charge < -0.3 is 10.1 Å². The van der Waals surface area contributed by atoms with E-state index >= 15 is 0 Å². The summed E-state index contributed by atoms with van der Waals surface area (Å²) >= 11 is 5.97. The number of nitrogens with zero attached hydrogens (tertiary/aromatic N) is 1. The molecule has 0 radical (unpaired) electrons. The lowest BCUT2D eigenvalue weighted by molar-refractivity contribution is -0.150. The number of ether oxygens (including phenoxy) is 1. The van der Waals surface area contributed by atoms with Crippen LogP contribution in [0.3, 0.4) is 0 Å². The van der Waals surface area contributed by atoms with Crippen molar-refractivity contribution in [2.75, 3.05) is 6.61 Å². The van der Waals surface area contributed by atoms with Crippen molar-refractivity contribution in [3.63, 3.8) is 0 Å². The van der Waals surface area contributed by atoms with Gasteiger partial charge in [-0.15, -0.1) is 0 Å². The number of hydrazine groups is 1. The molecular weight excluding hydrogens is 374 g/mol. The molecule has 1 spiro atoms. The Morgan fingerprint density at radius 2 is 1.89 bits per heavy atom. The molecule has 4 amide bonds. The molecule has 1 aliphatic heterocycles. The minimum atomic E-state index is -0.927. The van der Waals surface area contributed by atoms with Crippen LogP contribution in [0.2, 0.25) is 5.02 Å². The topological polar surface area (TPSA) is 105 Å². The Hall–Kier alpha value is -2.61. The fourth-order valence-electron chi connectivity index (χ4n) is 3.37. The van der Waals surface area contributed by atoms with E-state index in [2.05, 4.69) is 10.7 Å². The van der Waals surface area contributed by atoms with Crippen molar-refractivity contribution in [3.8, 4) is 0 Å². The number of nitrogens with one attached hydrogen (secondary N) is 2. The first-order chi connectivity index (χ1) is 12.9. The lowest BCUT2D eigenvalue weighted by Gasteiger charge is -2.30. The zero-order chi connectivity index (χ0) is 19.4. The second-order valence-electron chi connectivity index (χ2n) is 6.68. The third-order valence-electron chi connectivity index (χ3n) is 4.76. The summed E-state index contributed by atoms with van der Waals surface area (Å²) in [5, 5.41) is 3.78.